The lowest BCUT2D eigenvalue weighted by Crippen LogP contribution is -2.32. The van der Waals surface area contributed by atoms with E-state index in [0.29, 0.717) is 4.34 Å². The third kappa shape index (κ3) is 4.00. The van der Waals surface area contributed by atoms with Gasteiger partial charge in [-0.15, -0.1) is 11.3 Å². The van der Waals surface area contributed by atoms with Gasteiger partial charge in [0.05, 0.1) is 10.4 Å². The Kier molecular flexibility index (Phi) is 4.59. The first kappa shape index (κ1) is 13.3. The lowest BCUT2D eigenvalue weighted by Gasteiger charge is -2.13. The molecule has 0 amide bonds. The summed E-state index contributed by atoms with van der Waals surface area (Å²) in [5.74, 6) is -1.97. The van der Waals surface area contributed by atoms with Crippen LogP contribution in [0, 0.1) is 17.2 Å². The summed E-state index contributed by atoms with van der Waals surface area (Å²) in [6.45, 7) is -0.124. The molecular formula is C9H8ClF3N2S. The molecule has 0 aromatic carbocycles. The molecule has 1 N–H and O–H groups in total. The van der Waals surface area contributed by atoms with Crippen molar-refractivity contribution in [3.8, 4) is 6.07 Å². The molecule has 0 radical (unpaired) electrons. The van der Waals surface area contributed by atoms with E-state index < -0.39 is 18.6 Å². The molecule has 7 heteroatoms. The van der Waals surface area contributed by atoms with Gasteiger partial charge >= 0.3 is 6.18 Å². The van der Waals surface area contributed by atoms with Gasteiger partial charge in [0, 0.05) is 18.0 Å². The summed E-state index contributed by atoms with van der Waals surface area (Å²) in [5, 5.41) is 10.9. The van der Waals surface area contributed by atoms with Crippen molar-refractivity contribution in [3.63, 3.8) is 0 Å². The summed E-state index contributed by atoms with van der Waals surface area (Å²) in [6.07, 6.45) is -4.48. The van der Waals surface area contributed by atoms with Crippen molar-refractivity contribution in [1.82, 2.24) is 5.32 Å². The van der Waals surface area contributed by atoms with Crippen molar-refractivity contribution < 1.29 is 13.2 Å². The molecule has 1 aromatic heterocycles. The maximum Gasteiger partial charge on any atom is 0.405 e. The summed E-state index contributed by atoms with van der Waals surface area (Å²) in [6, 6.07) is 4.63. The summed E-state index contributed by atoms with van der Waals surface area (Å²) in [4.78, 5) is 0.837. The molecule has 0 bridgehead atoms. The number of alkyl halides is 3. The lowest BCUT2D eigenvalue weighted by atomic mass is 10.1. The van der Waals surface area contributed by atoms with Gasteiger partial charge in [0.15, 0.2) is 5.92 Å². The Morgan fingerprint density at radius 2 is 2.19 bits per heavy atom. The predicted octanol–water partition coefficient (Wildman–Crippen LogP) is 3.19. The highest BCUT2D eigenvalue weighted by Crippen LogP contribution is 2.25. The number of nitrogens with one attached hydrogen (secondary N) is 1. The molecular weight excluding hydrogens is 261 g/mol. The van der Waals surface area contributed by atoms with Crippen LogP contribution >= 0.6 is 22.9 Å². The van der Waals surface area contributed by atoms with Gasteiger partial charge in [0.2, 0.25) is 0 Å². The van der Waals surface area contributed by atoms with E-state index in [1.54, 1.807) is 12.1 Å². The highest BCUT2D eigenvalue weighted by molar-refractivity contribution is 7.16. The van der Waals surface area contributed by atoms with Crippen LogP contribution in [-0.2, 0) is 6.54 Å². The van der Waals surface area contributed by atoms with Crippen molar-refractivity contribution in [3.05, 3.63) is 21.3 Å². The molecule has 0 aliphatic heterocycles. The topological polar surface area (TPSA) is 35.8 Å². The second kappa shape index (κ2) is 5.53. The number of hydrogen-bond acceptors (Lipinski definition) is 3. The fourth-order valence-corrected chi connectivity index (χ4v) is 2.08. The molecule has 16 heavy (non-hydrogen) atoms. The average molecular weight is 269 g/mol. The van der Waals surface area contributed by atoms with E-state index in [4.69, 9.17) is 16.9 Å². The lowest BCUT2D eigenvalue weighted by molar-refractivity contribution is -0.157. The van der Waals surface area contributed by atoms with Crippen LogP contribution < -0.4 is 5.32 Å². The summed E-state index contributed by atoms with van der Waals surface area (Å²) in [7, 11) is 0. The van der Waals surface area contributed by atoms with Crippen LogP contribution in [0.4, 0.5) is 13.2 Å². The van der Waals surface area contributed by atoms with Crippen LogP contribution in [0.3, 0.4) is 0 Å². The number of hydrogen-bond donors (Lipinski definition) is 1. The van der Waals surface area contributed by atoms with Crippen molar-refractivity contribution in [1.29, 1.82) is 5.26 Å². The smallest absolute Gasteiger partial charge is 0.310 e. The highest BCUT2D eigenvalue weighted by atomic mass is 35.5. The molecule has 1 heterocycles. The van der Waals surface area contributed by atoms with E-state index in [0.717, 1.165) is 4.88 Å². The Hall–Kier alpha value is -0.770. The number of halogens is 4. The van der Waals surface area contributed by atoms with Gasteiger partial charge in [-0.2, -0.15) is 18.4 Å². The van der Waals surface area contributed by atoms with Crippen LogP contribution in [-0.4, -0.2) is 12.7 Å². The Morgan fingerprint density at radius 3 is 2.62 bits per heavy atom. The normalized spacial score (nSPS) is 13.4. The first-order valence-corrected chi connectivity index (χ1v) is 5.54. The summed E-state index contributed by atoms with van der Waals surface area (Å²) in [5.41, 5.74) is 0. The SMILES string of the molecule is N#CC(CNCc1ccc(Cl)s1)C(F)(F)F. The predicted molar refractivity (Wildman–Crippen MR) is 56.2 cm³/mol. The minimum Gasteiger partial charge on any atom is -0.310 e. The first-order valence-electron chi connectivity index (χ1n) is 4.34. The zero-order valence-electron chi connectivity index (χ0n) is 8.01. The van der Waals surface area contributed by atoms with E-state index in [-0.39, 0.29) is 6.54 Å². The van der Waals surface area contributed by atoms with Gasteiger partial charge in [-0.05, 0) is 12.1 Å². The number of nitrogens with zero attached hydrogens (tertiary/aromatic N) is 1. The van der Waals surface area contributed by atoms with Crippen LogP contribution in [0.1, 0.15) is 4.88 Å². The molecule has 2 nitrogen and oxygen atoms in total. The quantitative estimate of drug-likeness (QED) is 0.910. The van der Waals surface area contributed by atoms with Crippen molar-refractivity contribution in [2.45, 2.75) is 12.7 Å². The number of nitriles is 1. The second-order valence-electron chi connectivity index (χ2n) is 3.06. The first-order chi connectivity index (χ1) is 7.43. The van der Waals surface area contributed by atoms with Gasteiger partial charge in [0.25, 0.3) is 0 Å². The molecule has 0 aliphatic carbocycles. The van der Waals surface area contributed by atoms with Crippen LogP contribution in [0.15, 0.2) is 12.1 Å². The van der Waals surface area contributed by atoms with E-state index in [1.165, 1.54) is 17.4 Å². The molecule has 0 fully saturated rings. The maximum atomic E-state index is 12.2. The van der Waals surface area contributed by atoms with Crippen LogP contribution in [0.25, 0.3) is 0 Å². The molecule has 1 atom stereocenters. The average Bonchev–Trinajstić information content (AvgIpc) is 2.57. The Labute approximate surface area is 99.6 Å². The molecule has 1 unspecified atom stereocenters. The maximum absolute atomic E-state index is 12.2. The zero-order chi connectivity index (χ0) is 12.2. The molecule has 0 saturated heterocycles. The zero-order valence-corrected chi connectivity index (χ0v) is 9.59. The second-order valence-corrected chi connectivity index (χ2v) is 4.86. The van der Waals surface area contributed by atoms with E-state index >= 15 is 0 Å². The van der Waals surface area contributed by atoms with Gasteiger partial charge in [-0.3, -0.25) is 0 Å². The van der Waals surface area contributed by atoms with Gasteiger partial charge in [-0.25, -0.2) is 0 Å². The standard InChI is InChI=1S/C9H8ClF3N2S/c10-8-2-1-7(16-8)5-15-4-6(3-14)9(11,12)13/h1-2,6,15H,4-5H2. The third-order valence-corrected chi connectivity index (χ3v) is 3.06. The summed E-state index contributed by atoms with van der Waals surface area (Å²) >= 11 is 6.95. The fraction of sp³-hybridized carbons (Fsp3) is 0.444. The minimum absolute atomic E-state index is 0.283. The Balaban J connectivity index is 2.38. The van der Waals surface area contributed by atoms with Crippen LogP contribution in [0.2, 0.25) is 4.34 Å². The van der Waals surface area contributed by atoms with Crippen molar-refractivity contribution >= 4 is 22.9 Å². The van der Waals surface area contributed by atoms with E-state index in [2.05, 4.69) is 5.32 Å². The van der Waals surface area contributed by atoms with Crippen molar-refractivity contribution in [2.24, 2.45) is 5.92 Å². The number of rotatable bonds is 4. The number of thiophene rings is 1. The van der Waals surface area contributed by atoms with E-state index in [1.807, 2.05) is 0 Å². The van der Waals surface area contributed by atoms with Gasteiger partial charge in [-0.1, -0.05) is 11.6 Å². The molecule has 1 aromatic rings. The Bertz CT molecular complexity index is 383. The fourth-order valence-electron chi connectivity index (χ4n) is 1.02. The van der Waals surface area contributed by atoms with Gasteiger partial charge < -0.3 is 5.32 Å². The van der Waals surface area contributed by atoms with Crippen molar-refractivity contribution in [2.75, 3.05) is 6.54 Å². The van der Waals surface area contributed by atoms with E-state index in [9.17, 15) is 13.2 Å². The Morgan fingerprint density at radius 1 is 1.50 bits per heavy atom. The van der Waals surface area contributed by atoms with Gasteiger partial charge in [0.1, 0.15) is 0 Å². The minimum atomic E-state index is -4.48. The molecule has 0 saturated carbocycles. The largest absolute Gasteiger partial charge is 0.405 e. The summed E-state index contributed by atoms with van der Waals surface area (Å²) < 4.78 is 37.1. The highest BCUT2D eigenvalue weighted by Gasteiger charge is 2.39. The molecule has 0 aliphatic rings. The van der Waals surface area contributed by atoms with Crippen LogP contribution in [0.5, 0.6) is 0 Å². The molecule has 0 spiro atoms. The molecule has 88 valence electrons. The third-order valence-electron chi connectivity index (χ3n) is 1.83. The monoisotopic (exact) mass is 268 g/mol. The molecule has 1 rings (SSSR count).